The van der Waals surface area contributed by atoms with Gasteiger partial charge in [-0.25, -0.2) is 9.69 Å². The van der Waals surface area contributed by atoms with Crippen LogP contribution in [0.5, 0.6) is 0 Å². The molecule has 4 nitrogen and oxygen atoms in total. The van der Waals surface area contributed by atoms with E-state index in [1.165, 1.54) is 11.3 Å². The zero-order valence-corrected chi connectivity index (χ0v) is 10.9. The highest BCUT2D eigenvalue weighted by Crippen LogP contribution is 2.45. The van der Waals surface area contributed by atoms with E-state index in [0.717, 1.165) is 25.7 Å². The Bertz CT molecular complexity index is 337. The van der Waals surface area contributed by atoms with Gasteiger partial charge >= 0.3 is 6.09 Å². The Kier molecular flexibility index (Phi) is 2.92. The standard InChI is InChI=1S/C13H21NO3/c1-12(2,3)17-11(16)14-9-13(10(14)15)7-5-4-6-8-13/h4-9H2,1-3H3. The van der Waals surface area contributed by atoms with Gasteiger partial charge in [0.1, 0.15) is 5.60 Å². The van der Waals surface area contributed by atoms with Crippen LogP contribution in [0.15, 0.2) is 0 Å². The summed E-state index contributed by atoms with van der Waals surface area (Å²) in [7, 11) is 0. The van der Waals surface area contributed by atoms with E-state index in [-0.39, 0.29) is 11.3 Å². The van der Waals surface area contributed by atoms with Gasteiger partial charge in [0.25, 0.3) is 0 Å². The highest BCUT2D eigenvalue weighted by Gasteiger charge is 2.55. The van der Waals surface area contributed by atoms with Gasteiger partial charge in [-0.15, -0.1) is 0 Å². The fourth-order valence-electron chi connectivity index (χ4n) is 2.70. The Morgan fingerprint density at radius 3 is 2.29 bits per heavy atom. The SMILES string of the molecule is CC(C)(C)OC(=O)N1CC2(CCCCC2)C1=O. The number of imide groups is 1. The summed E-state index contributed by atoms with van der Waals surface area (Å²) in [5, 5.41) is 0. The van der Waals surface area contributed by atoms with E-state index in [1.807, 2.05) is 20.8 Å². The van der Waals surface area contributed by atoms with Gasteiger partial charge < -0.3 is 4.74 Å². The third kappa shape index (κ3) is 2.31. The minimum atomic E-state index is -0.535. The molecule has 1 saturated heterocycles. The van der Waals surface area contributed by atoms with E-state index < -0.39 is 11.7 Å². The van der Waals surface area contributed by atoms with E-state index in [1.54, 1.807) is 0 Å². The summed E-state index contributed by atoms with van der Waals surface area (Å²) in [4.78, 5) is 25.1. The molecule has 1 aliphatic heterocycles. The van der Waals surface area contributed by atoms with Crippen molar-refractivity contribution < 1.29 is 14.3 Å². The molecule has 2 aliphatic rings. The normalized spacial score (nSPS) is 23.5. The van der Waals surface area contributed by atoms with Crippen molar-refractivity contribution in [3.05, 3.63) is 0 Å². The van der Waals surface area contributed by atoms with Crippen molar-refractivity contribution in [1.82, 2.24) is 4.90 Å². The van der Waals surface area contributed by atoms with E-state index in [9.17, 15) is 9.59 Å². The molecule has 17 heavy (non-hydrogen) atoms. The Balaban J connectivity index is 1.95. The molecule has 0 bridgehead atoms. The second-order valence-electron chi connectivity index (χ2n) is 6.21. The summed E-state index contributed by atoms with van der Waals surface area (Å²) in [6.45, 7) is 5.99. The number of carbonyl (C=O) groups excluding carboxylic acids is 2. The fourth-order valence-corrected chi connectivity index (χ4v) is 2.70. The Hall–Kier alpha value is -1.06. The van der Waals surface area contributed by atoms with Crippen LogP contribution in [0.1, 0.15) is 52.9 Å². The maximum atomic E-state index is 12.1. The molecule has 0 unspecified atom stereocenters. The maximum absolute atomic E-state index is 12.1. The molecule has 2 rings (SSSR count). The van der Waals surface area contributed by atoms with Gasteiger partial charge in [0.05, 0.1) is 5.41 Å². The zero-order chi connectivity index (χ0) is 12.7. The molecule has 96 valence electrons. The number of hydrogen-bond acceptors (Lipinski definition) is 3. The first kappa shape index (κ1) is 12.4. The molecule has 1 spiro atoms. The first-order valence-electron chi connectivity index (χ1n) is 6.39. The van der Waals surface area contributed by atoms with Crippen molar-refractivity contribution in [2.24, 2.45) is 5.41 Å². The highest BCUT2D eigenvalue weighted by atomic mass is 16.6. The van der Waals surface area contributed by atoms with Crippen LogP contribution in [0.25, 0.3) is 0 Å². The van der Waals surface area contributed by atoms with Crippen molar-refractivity contribution in [1.29, 1.82) is 0 Å². The minimum absolute atomic E-state index is 0.0218. The molecule has 0 atom stereocenters. The average molecular weight is 239 g/mol. The summed E-state index contributed by atoms with van der Waals surface area (Å²) >= 11 is 0. The summed E-state index contributed by atoms with van der Waals surface area (Å²) in [6, 6.07) is 0. The number of hydrogen-bond donors (Lipinski definition) is 0. The molecule has 0 radical (unpaired) electrons. The van der Waals surface area contributed by atoms with Crippen molar-refractivity contribution in [2.45, 2.75) is 58.5 Å². The van der Waals surface area contributed by atoms with Crippen LogP contribution in [-0.4, -0.2) is 29.0 Å². The Labute approximate surface area is 102 Å². The summed E-state index contributed by atoms with van der Waals surface area (Å²) in [6.07, 6.45) is 4.80. The van der Waals surface area contributed by atoms with Crippen LogP contribution in [-0.2, 0) is 9.53 Å². The number of ether oxygens (including phenoxy) is 1. The zero-order valence-electron chi connectivity index (χ0n) is 10.9. The Morgan fingerprint density at radius 1 is 1.24 bits per heavy atom. The van der Waals surface area contributed by atoms with Gasteiger partial charge in [0.15, 0.2) is 0 Å². The second-order valence-corrected chi connectivity index (χ2v) is 6.21. The van der Waals surface area contributed by atoms with Gasteiger partial charge in [-0.3, -0.25) is 4.79 Å². The number of rotatable bonds is 0. The lowest BCUT2D eigenvalue weighted by Gasteiger charge is -2.49. The number of amides is 2. The molecule has 1 aliphatic carbocycles. The number of β-lactam (4-membered cyclic amide) rings is 1. The average Bonchev–Trinajstić information content (AvgIpc) is 2.24. The van der Waals surface area contributed by atoms with Crippen LogP contribution in [0.3, 0.4) is 0 Å². The van der Waals surface area contributed by atoms with Gasteiger partial charge in [-0.05, 0) is 33.6 Å². The largest absolute Gasteiger partial charge is 0.443 e. The quantitative estimate of drug-likeness (QED) is 0.611. The van der Waals surface area contributed by atoms with Crippen LogP contribution in [0.2, 0.25) is 0 Å². The van der Waals surface area contributed by atoms with Crippen LogP contribution < -0.4 is 0 Å². The monoisotopic (exact) mass is 239 g/mol. The van der Waals surface area contributed by atoms with Gasteiger partial charge in [0, 0.05) is 6.54 Å². The van der Waals surface area contributed by atoms with E-state index in [2.05, 4.69) is 0 Å². The molecule has 0 aromatic carbocycles. The molecule has 1 saturated carbocycles. The first-order chi connectivity index (χ1) is 7.84. The van der Waals surface area contributed by atoms with E-state index in [0.29, 0.717) is 6.54 Å². The number of carbonyl (C=O) groups is 2. The Morgan fingerprint density at radius 2 is 1.82 bits per heavy atom. The van der Waals surface area contributed by atoms with Crippen molar-refractivity contribution in [2.75, 3.05) is 6.54 Å². The highest BCUT2D eigenvalue weighted by molar-refractivity contribution is 6.01. The molecule has 0 N–H and O–H groups in total. The molecule has 1 heterocycles. The van der Waals surface area contributed by atoms with Gasteiger partial charge in [0.2, 0.25) is 5.91 Å². The second kappa shape index (κ2) is 4.00. The topological polar surface area (TPSA) is 46.6 Å². The molecular formula is C13H21NO3. The lowest BCUT2D eigenvalue weighted by atomic mass is 9.68. The smallest absolute Gasteiger partial charge is 0.417 e. The van der Waals surface area contributed by atoms with Crippen molar-refractivity contribution in [3.63, 3.8) is 0 Å². The minimum Gasteiger partial charge on any atom is -0.443 e. The predicted octanol–water partition coefficient (Wildman–Crippen LogP) is 2.71. The number of nitrogens with zero attached hydrogens (tertiary/aromatic N) is 1. The number of likely N-dealkylation sites (tertiary alicyclic amines) is 1. The fraction of sp³-hybridized carbons (Fsp3) is 0.846. The molecule has 4 heteroatoms. The van der Waals surface area contributed by atoms with E-state index >= 15 is 0 Å². The predicted molar refractivity (Wildman–Crippen MR) is 63.5 cm³/mol. The maximum Gasteiger partial charge on any atom is 0.417 e. The van der Waals surface area contributed by atoms with Crippen LogP contribution >= 0.6 is 0 Å². The lowest BCUT2D eigenvalue weighted by Crippen LogP contribution is -2.64. The van der Waals surface area contributed by atoms with Crippen molar-refractivity contribution >= 4 is 12.0 Å². The first-order valence-corrected chi connectivity index (χ1v) is 6.39. The lowest BCUT2D eigenvalue weighted by molar-refractivity contribution is -0.161. The molecule has 0 aromatic rings. The summed E-state index contributed by atoms with van der Waals surface area (Å²) in [5.41, 5.74) is -0.762. The molecule has 2 fully saturated rings. The van der Waals surface area contributed by atoms with Crippen LogP contribution in [0.4, 0.5) is 4.79 Å². The van der Waals surface area contributed by atoms with Gasteiger partial charge in [-0.1, -0.05) is 19.3 Å². The summed E-state index contributed by atoms with van der Waals surface area (Å²) < 4.78 is 5.21. The van der Waals surface area contributed by atoms with Crippen molar-refractivity contribution in [3.8, 4) is 0 Å². The molecule has 0 aromatic heterocycles. The van der Waals surface area contributed by atoms with E-state index in [4.69, 9.17) is 4.74 Å². The third-order valence-electron chi connectivity index (χ3n) is 3.58. The third-order valence-corrected chi connectivity index (χ3v) is 3.58. The molecule has 2 amide bonds. The van der Waals surface area contributed by atoms with Crippen LogP contribution in [0, 0.1) is 5.41 Å². The van der Waals surface area contributed by atoms with Gasteiger partial charge in [-0.2, -0.15) is 0 Å². The summed E-state index contributed by atoms with van der Waals surface area (Å²) in [5.74, 6) is -0.0218. The molecular weight excluding hydrogens is 218 g/mol.